The van der Waals surface area contributed by atoms with Gasteiger partial charge in [0, 0.05) is 30.2 Å². The second-order valence-electron chi connectivity index (χ2n) is 8.60. The van der Waals surface area contributed by atoms with E-state index in [1.54, 1.807) is 6.07 Å². The van der Waals surface area contributed by atoms with Crippen molar-refractivity contribution < 1.29 is 44.6 Å². The van der Waals surface area contributed by atoms with Crippen molar-refractivity contribution in [2.24, 2.45) is 0 Å². The number of rotatable bonds is 10. The van der Waals surface area contributed by atoms with E-state index in [2.05, 4.69) is 15.1 Å². The summed E-state index contributed by atoms with van der Waals surface area (Å²) in [7, 11) is -4.33. The lowest BCUT2D eigenvalue weighted by Gasteiger charge is -2.15. The van der Waals surface area contributed by atoms with E-state index in [0.717, 1.165) is 18.2 Å². The molecule has 0 spiro atoms. The minimum Gasteiger partial charge on any atom is -0.492 e. The number of nitrogens with zero attached hydrogens (tertiary/aromatic N) is 1. The number of alkyl halides is 6. The maximum Gasteiger partial charge on any atom is 0.433 e. The SMILES string of the molecule is O=S(=O)(Nc1cccc([C@@H](O)CNCCOc2ccc3c(C(F)(F)F)[nH]nc3c2)c1)c1cccc(C(F)(F)F)c1. The van der Waals surface area contributed by atoms with E-state index in [-0.39, 0.29) is 36.3 Å². The number of aliphatic hydroxyl groups excluding tert-OH is 1. The number of aromatic amines is 1. The standard InChI is InChI=1S/C25H22F6N4O4S/c26-24(27,28)16-4-2-6-19(12-16)40(37,38)35-17-5-1-3-15(11-17)22(36)14-32-9-10-39-18-7-8-20-21(13-18)33-34-23(20)25(29,30)31/h1-8,11-13,22,32,35-36H,9-10,14H2,(H,33,34)/t22-/m0/s1. The maximum absolute atomic E-state index is 13.0. The van der Waals surface area contributed by atoms with Crippen LogP contribution in [0.25, 0.3) is 10.9 Å². The summed E-state index contributed by atoms with van der Waals surface area (Å²) in [6.45, 7) is 0.414. The summed E-state index contributed by atoms with van der Waals surface area (Å²) in [5.41, 5.74) is -1.58. The Hall–Kier alpha value is -3.82. The molecule has 1 atom stereocenters. The Morgan fingerprint density at radius 2 is 1.70 bits per heavy atom. The molecule has 0 aliphatic carbocycles. The smallest absolute Gasteiger partial charge is 0.433 e. The van der Waals surface area contributed by atoms with Gasteiger partial charge in [-0.2, -0.15) is 31.4 Å². The molecule has 1 aromatic heterocycles. The number of sulfonamides is 1. The first-order valence-corrected chi connectivity index (χ1v) is 13.1. The third kappa shape index (κ3) is 7.03. The van der Waals surface area contributed by atoms with Crippen LogP contribution in [0.15, 0.2) is 71.6 Å². The number of H-pyrrole nitrogens is 1. The summed E-state index contributed by atoms with van der Waals surface area (Å²) in [5.74, 6) is 0.302. The fourth-order valence-corrected chi connectivity index (χ4v) is 4.85. The lowest BCUT2D eigenvalue weighted by molar-refractivity contribution is -0.140. The summed E-state index contributed by atoms with van der Waals surface area (Å²) in [6.07, 6.45) is -10.3. The molecule has 0 aliphatic rings. The second kappa shape index (κ2) is 11.3. The van der Waals surface area contributed by atoms with Gasteiger partial charge >= 0.3 is 12.4 Å². The van der Waals surface area contributed by atoms with E-state index in [1.807, 2.05) is 5.10 Å². The number of ether oxygens (including phenoxy) is 1. The average molecular weight is 589 g/mol. The van der Waals surface area contributed by atoms with Crippen molar-refractivity contribution in [1.82, 2.24) is 15.5 Å². The second-order valence-corrected chi connectivity index (χ2v) is 10.3. The minimum atomic E-state index is -4.71. The lowest BCUT2D eigenvalue weighted by Crippen LogP contribution is -2.26. The highest BCUT2D eigenvalue weighted by atomic mass is 32.2. The number of hydrogen-bond acceptors (Lipinski definition) is 6. The lowest BCUT2D eigenvalue weighted by atomic mass is 10.1. The van der Waals surface area contributed by atoms with Crippen molar-refractivity contribution in [2.45, 2.75) is 23.4 Å². The van der Waals surface area contributed by atoms with Crippen LogP contribution in [0.1, 0.15) is 22.9 Å². The fourth-order valence-electron chi connectivity index (χ4n) is 3.76. The summed E-state index contributed by atoms with van der Waals surface area (Å²) in [6, 6.07) is 13.1. The van der Waals surface area contributed by atoms with Gasteiger partial charge in [-0.15, -0.1) is 0 Å². The zero-order valence-corrected chi connectivity index (χ0v) is 21.2. The van der Waals surface area contributed by atoms with Crippen LogP contribution < -0.4 is 14.8 Å². The highest BCUT2D eigenvalue weighted by Gasteiger charge is 2.35. The highest BCUT2D eigenvalue weighted by Crippen LogP contribution is 2.34. The molecule has 4 N–H and O–H groups in total. The molecule has 1 heterocycles. The van der Waals surface area contributed by atoms with Crippen molar-refractivity contribution >= 4 is 26.6 Å². The highest BCUT2D eigenvalue weighted by molar-refractivity contribution is 7.92. The van der Waals surface area contributed by atoms with E-state index in [1.165, 1.54) is 36.4 Å². The molecule has 4 rings (SSSR count). The predicted octanol–water partition coefficient (Wildman–Crippen LogP) is 5.10. The molecule has 0 saturated heterocycles. The quantitative estimate of drug-likeness (QED) is 0.151. The Bertz CT molecular complexity index is 1590. The topological polar surface area (TPSA) is 116 Å². The van der Waals surface area contributed by atoms with Gasteiger partial charge in [-0.3, -0.25) is 9.82 Å². The van der Waals surface area contributed by atoms with Crippen molar-refractivity contribution in [3.05, 3.63) is 83.6 Å². The first kappa shape index (κ1) is 29.2. The molecule has 0 bridgehead atoms. The Balaban J connectivity index is 1.29. The fraction of sp³-hybridized carbons (Fsp3) is 0.240. The Morgan fingerprint density at radius 1 is 0.950 bits per heavy atom. The van der Waals surface area contributed by atoms with Crippen LogP contribution in [-0.4, -0.2) is 43.4 Å². The third-order valence-corrected chi connectivity index (χ3v) is 7.07. The van der Waals surface area contributed by atoms with Crippen molar-refractivity contribution in [1.29, 1.82) is 0 Å². The van der Waals surface area contributed by atoms with Gasteiger partial charge in [0.15, 0.2) is 0 Å². The van der Waals surface area contributed by atoms with Crippen LogP contribution in [0, 0.1) is 0 Å². The van der Waals surface area contributed by atoms with Gasteiger partial charge in [0.05, 0.1) is 22.1 Å². The van der Waals surface area contributed by atoms with Crippen LogP contribution >= 0.6 is 0 Å². The number of halogens is 6. The van der Waals surface area contributed by atoms with Gasteiger partial charge in [-0.25, -0.2) is 8.42 Å². The zero-order valence-electron chi connectivity index (χ0n) is 20.3. The number of hydrogen-bond donors (Lipinski definition) is 4. The summed E-state index contributed by atoms with van der Waals surface area (Å²) in [5, 5.41) is 18.9. The number of aliphatic hydroxyl groups is 1. The van der Waals surface area contributed by atoms with Crippen LogP contribution in [-0.2, 0) is 22.4 Å². The van der Waals surface area contributed by atoms with E-state index in [0.29, 0.717) is 17.4 Å². The summed E-state index contributed by atoms with van der Waals surface area (Å²) < 4.78 is 111. The molecular weight excluding hydrogens is 566 g/mol. The molecule has 40 heavy (non-hydrogen) atoms. The molecule has 8 nitrogen and oxygen atoms in total. The molecule has 0 fully saturated rings. The summed E-state index contributed by atoms with van der Waals surface area (Å²) in [4.78, 5) is -0.567. The number of nitrogens with one attached hydrogen (secondary N) is 3. The van der Waals surface area contributed by atoms with E-state index in [4.69, 9.17) is 4.74 Å². The number of fused-ring (bicyclic) bond motifs is 1. The molecule has 3 aromatic carbocycles. The van der Waals surface area contributed by atoms with Crippen LogP contribution in [0.2, 0.25) is 0 Å². The van der Waals surface area contributed by atoms with Crippen LogP contribution in [0.4, 0.5) is 32.0 Å². The monoisotopic (exact) mass is 588 g/mol. The van der Waals surface area contributed by atoms with Crippen LogP contribution in [0.5, 0.6) is 5.75 Å². The molecule has 0 unspecified atom stereocenters. The van der Waals surface area contributed by atoms with Gasteiger partial charge in [-0.1, -0.05) is 18.2 Å². The largest absolute Gasteiger partial charge is 0.492 e. The maximum atomic E-state index is 13.0. The van der Waals surface area contributed by atoms with Crippen molar-refractivity contribution in [2.75, 3.05) is 24.4 Å². The zero-order chi connectivity index (χ0) is 29.1. The third-order valence-electron chi connectivity index (χ3n) is 5.69. The van der Waals surface area contributed by atoms with Gasteiger partial charge in [0.1, 0.15) is 18.1 Å². The average Bonchev–Trinajstić information content (AvgIpc) is 3.32. The van der Waals surface area contributed by atoms with Crippen molar-refractivity contribution in [3.63, 3.8) is 0 Å². The van der Waals surface area contributed by atoms with Gasteiger partial charge < -0.3 is 15.2 Å². The van der Waals surface area contributed by atoms with Gasteiger partial charge in [0.2, 0.25) is 0 Å². The number of benzene rings is 3. The number of aromatic nitrogens is 2. The normalized spacial score (nSPS) is 13.4. The Labute approximate surface area is 224 Å². The van der Waals surface area contributed by atoms with E-state index < -0.39 is 44.6 Å². The minimum absolute atomic E-state index is 0.0414. The van der Waals surface area contributed by atoms with E-state index >= 15 is 0 Å². The molecule has 0 saturated carbocycles. The molecule has 0 amide bonds. The number of anilines is 1. The summed E-state index contributed by atoms with van der Waals surface area (Å²) >= 11 is 0. The first-order chi connectivity index (χ1) is 18.7. The van der Waals surface area contributed by atoms with Gasteiger partial charge in [0.25, 0.3) is 10.0 Å². The molecule has 0 radical (unpaired) electrons. The molecular formula is C25H22F6N4O4S. The Morgan fingerprint density at radius 3 is 2.42 bits per heavy atom. The van der Waals surface area contributed by atoms with Gasteiger partial charge in [-0.05, 0) is 48.0 Å². The molecule has 15 heteroatoms. The first-order valence-electron chi connectivity index (χ1n) is 11.6. The van der Waals surface area contributed by atoms with E-state index in [9.17, 15) is 39.9 Å². The molecule has 214 valence electrons. The van der Waals surface area contributed by atoms with Crippen molar-refractivity contribution in [3.8, 4) is 5.75 Å². The van der Waals surface area contributed by atoms with Crippen LogP contribution in [0.3, 0.4) is 0 Å². The predicted molar refractivity (Wildman–Crippen MR) is 133 cm³/mol. The molecule has 4 aromatic rings. The molecule has 0 aliphatic heterocycles. The Kier molecular flexibility index (Phi) is 8.28.